The molecule has 0 bridgehead atoms. The normalized spacial score (nSPS) is 10.9. The lowest BCUT2D eigenvalue weighted by molar-refractivity contribution is -0.117. The van der Waals surface area contributed by atoms with Crippen molar-refractivity contribution >= 4 is 23.2 Å². The zero-order valence-electron chi connectivity index (χ0n) is 17.2. The number of hydrogen-bond donors (Lipinski definition) is 2. The van der Waals surface area contributed by atoms with Crippen molar-refractivity contribution in [2.75, 3.05) is 10.6 Å². The Balaban J connectivity index is 1.52. The smallest absolute Gasteiger partial charge is 0.224 e. The molecule has 0 saturated heterocycles. The number of rotatable bonds is 8. The number of aryl methyl sites for hydroxylation is 1. The van der Waals surface area contributed by atoms with Crippen molar-refractivity contribution < 1.29 is 22.8 Å². The molecule has 0 saturated carbocycles. The SMILES string of the molecule is CC(C)CC(=O)Nc1ccc(NC(=O)CCc2ncc(-c3c(F)cccc3F)o2)cc1. The number of carbonyl (C=O) groups excluding carboxylic acids is 2. The van der Waals surface area contributed by atoms with Crippen molar-refractivity contribution in [1.82, 2.24) is 4.98 Å². The summed E-state index contributed by atoms with van der Waals surface area (Å²) in [6.45, 7) is 3.94. The number of benzene rings is 2. The lowest BCUT2D eigenvalue weighted by Gasteiger charge is -2.09. The predicted octanol–water partition coefficient (Wildman–Crippen LogP) is 5.18. The molecule has 6 nitrogen and oxygen atoms in total. The fourth-order valence-corrected chi connectivity index (χ4v) is 2.94. The molecule has 0 aliphatic carbocycles. The van der Waals surface area contributed by atoms with Crippen LogP contribution in [0.3, 0.4) is 0 Å². The molecule has 31 heavy (non-hydrogen) atoms. The van der Waals surface area contributed by atoms with Gasteiger partial charge in [-0.25, -0.2) is 13.8 Å². The number of aromatic nitrogens is 1. The highest BCUT2D eigenvalue weighted by Gasteiger charge is 2.16. The van der Waals surface area contributed by atoms with Crippen LogP contribution in [-0.2, 0) is 16.0 Å². The van der Waals surface area contributed by atoms with Crippen LogP contribution in [0.15, 0.2) is 53.1 Å². The minimum Gasteiger partial charge on any atom is -0.441 e. The van der Waals surface area contributed by atoms with Gasteiger partial charge in [0.1, 0.15) is 11.6 Å². The van der Waals surface area contributed by atoms with Crippen molar-refractivity contribution in [1.29, 1.82) is 0 Å². The Kier molecular flexibility index (Phi) is 7.12. The van der Waals surface area contributed by atoms with Crippen LogP contribution < -0.4 is 10.6 Å². The average Bonchev–Trinajstić information content (AvgIpc) is 3.16. The Morgan fingerprint density at radius 1 is 0.968 bits per heavy atom. The Morgan fingerprint density at radius 2 is 1.55 bits per heavy atom. The molecule has 0 radical (unpaired) electrons. The molecule has 2 amide bonds. The molecular formula is C23H23F2N3O3. The van der Waals surface area contributed by atoms with Gasteiger partial charge in [0.05, 0.1) is 11.8 Å². The molecule has 0 atom stereocenters. The standard InChI is InChI=1S/C23H23F2N3O3/c1-14(2)12-21(30)28-16-8-6-15(7-9-16)27-20(29)10-11-22-26-13-19(31-22)23-17(24)4-3-5-18(23)25/h3-9,13-14H,10-12H2,1-2H3,(H,27,29)(H,28,30). The van der Waals surface area contributed by atoms with Gasteiger partial charge in [-0.15, -0.1) is 0 Å². The highest BCUT2D eigenvalue weighted by Crippen LogP contribution is 2.26. The molecule has 3 aromatic rings. The third-order valence-corrected chi connectivity index (χ3v) is 4.37. The van der Waals surface area contributed by atoms with Gasteiger partial charge in [-0.2, -0.15) is 0 Å². The zero-order chi connectivity index (χ0) is 22.4. The van der Waals surface area contributed by atoms with Crippen LogP contribution in [0.5, 0.6) is 0 Å². The first-order valence-electron chi connectivity index (χ1n) is 9.90. The maximum atomic E-state index is 13.8. The summed E-state index contributed by atoms with van der Waals surface area (Å²) in [6.07, 6.45) is 1.92. The van der Waals surface area contributed by atoms with Gasteiger partial charge in [0.25, 0.3) is 0 Å². The Labute approximate surface area is 178 Å². The zero-order valence-corrected chi connectivity index (χ0v) is 17.2. The molecule has 1 aromatic heterocycles. The van der Waals surface area contributed by atoms with Gasteiger partial charge in [0.2, 0.25) is 11.8 Å². The Morgan fingerprint density at radius 3 is 2.13 bits per heavy atom. The molecular weight excluding hydrogens is 404 g/mol. The quantitative estimate of drug-likeness (QED) is 0.519. The molecule has 0 aliphatic rings. The van der Waals surface area contributed by atoms with E-state index in [0.29, 0.717) is 17.8 Å². The number of carbonyl (C=O) groups is 2. The van der Waals surface area contributed by atoms with E-state index in [9.17, 15) is 18.4 Å². The van der Waals surface area contributed by atoms with Gasteiger partial charge < -0.3 is 15.1 Å². The summed E-state index contributed by atoms with van der Waals surface area (Å²) in [4.78, 5) is 28.0. The summed E-state index contributed by atoms with van der Waals surface area (Å²) in [5, 5.41) is 5.54. The number of halogens is 2. The largest absolute Gasteiger partial charge is 0.441 e. The molecule has 0 fully saturated rings. The molecule has 162 valence electrons. The van der Waals surface area contributed by atoms with Crippen LogP contribution >= 0.6 is 0 Å². The van der Waals surface area contributed by atoms with Crippen molar-refractivity contribution in [2.45, 2.75) is 33.1 Å². The second kappa shape index (κ2) is 9.97. The van der Waals surface area contributed by atoms with Gasteiger partial charge in [0, 0.05) is 30.6 Å². The summed E-state index contributed by atoms with van der Waals surface area (Å²) in [5.74, 6) is -1.38. The van der Waals surface area contributed by atoms with E-state index >= 15 is 0 Å². The first kappa shape index (κ1) is 22.1. The minimum absolute atomic E-state index is 0.0267. The highest BCUT2D eigenvalue weighted by atomic mass is 19.1. The number of oxazole rings is 1. The summed E-state index contributed by atoms with van der Waals surface area (Å²) in [5.41, 5.74) is 0.941. The number of anilines is 2. The van der Waals surface area contributed by atoms with Gasteiger partial charge >= 0.3 is 0 Å². The topological polar surface area (TPSA) is 84.2 Å². The predicted molar refractivity (Wildman–Crippen MR) is 113 cm³/mol. The van der Waals surface area contributed by atoms with Gasteiger partial charge in [0.15, 0.2) is 11.7 Å². The van der Waals surface area contributed by atoms with Gasteiger partial charge in [-0.3, -0.25) is 9.59 Å². The molecule has 0 aliphatic heterocycles. The Hall–Kier alpha value is -3.55. The van der Waals surface area contributed by atoms with Crippen LogP contribution in [-0.4, -0.2) is 16.8 Å². The monoisotopic (exact) mass is 427 g/mol. The molecule has 0 unspecified atom stereocenters. The lowest BCUT2D eigenvalue weighted by atomic mass is 10.1. The maximum absolute atomic E-state index is 13.8. The van der Waals surface area contributed by atoms with Crippen LogP contribution in [0.25, 0.3) is 11.3 Å². The average molecular weight is 427 g/mol. The second-order valence-corrected chi connectivity index (χ2v) is 7.49. The van der Waals surface area contributed by atoms with E-state index in [1.54, 1.807) is 24.3 Å². The molecule has 8 heteroatoms. The number of amides is 2. The van der Waals surface area contributed by atoms with Crippen molar-refractivity contribution in [2.24, 2.45) is 5.92 Å². The summed E-state index contributed by atoms with van der Waals surface area (Å²) < 4.78 is 33.1. The van der Waals surface area contributed by atoms with E-state index in [2.05, 4.69) is 15.6 Å². The van der Waals surface area contributed by atoms with Gasteiger partial charge in [-0.05, 0) is 42.3 Å². The third kappa shape index (κ3) is 6.21. The third-order valence-electron chi connectivity index (χ3n) is 4.37. The van der Waals surface area contributed by atoms with E-state index in [-0.39, 0.29) is 47.8 Å². The molecule has 2 N–H and O–H groups in total. The number of hydrogen-bond acceptors (Lipinski definition) is 4. The number of nitrogens with zero attached hydrogens (tertiary/aromatic N) is 1. The molecule has 0 spiro atoms. The molecule has 3 rings (SSSR count). The summed E-state index contributed by atoms with van der Waals surface area (Å²) >= 11 is 0. The first-order valence-corrected chi connectivity index (χ1v) is 9.90. The van der Waals surface area contributed by atoms with Gasteiger partial charge in [-0.1, -0.05) is 19.9 Å². The minimum atomic E-state index is -0.746. The molecule has 1 heterocycles. The highest BCUT2D eigenvalue weighted by molar-refractivity contribution is 5.93. The summed E-state index contributed by atoms with van der Waals surface area (Å²) in [7, 11) is 0. The first-order chi connectivity index (χ1) is 14.8. The fraction of sp³-hybridized carbons (Fsp3) is 0.261. The van der Waals surface area contributed by atoms with E-state index in [0.717, 1.165) is 12.1 Å². The summed E-state index contributed by atoms with van der Waals surface area (Å²) in [6, 6.07) is 10.3. The van der Waals surface area contributed by atoms with E-state index in [1.165, 1.54) is 12.3 Å². The number of nitrogens with one attached hydrogen (secondary N) is 2. The Bertz CT molecular complexity index is 1040. The van der Waals surface area contributed by atoms with E-state index in [4.69, 9.17) is 4.42 Å². The van der Waals surface area contributed by atoms with Crippen LogP contribution in [0, 0.1) is 17.6 Å². The van der Waals surface area contributed by atoms with Crippen molar-refractivity contribution in [3.63, 3.8) is 0 Å². The van der Waals surface area contributed by atoms with Crippen LogP contribution in [0.4, 0.5) is 20.2 Å². The van der Waals surface area contributed by atoms with Crippen LogP contribution in [0.1, 0.15) is 32.6 Å². The van der Waals surface area contributed by atoms with Crippen LogP contribution in [0.2, 0.25) is 0 Å². The van der Waals surface area contributed by atoms with E-state index in [1.807, 2.05) is 13.8 Å². The maximum Gasteiger partial charge on any atom is 0.224 e. The molecule has 2 aromatic carbocycles. The lowest BCUT2D eigenvalue weighted by Crippen LogP contribution is -2.14. The van der Waals surface area contributed by atoms with E-state index < -0.39 is 11.6 Å². The van der Waals surface area contributed by atoms with Crippen molar-refractivity contribution in [3.05, 3.63) is 66.2 Å². The second-order valence-electron chi connectivity index (χ2n) is 7.49. The fourth-order valence-electron chi connectivity index (χ4n) is 2.94. The van der Waals surface area contributed by atoms with Crippen molar-refractivity contribution in [3.8, 4) is 11.3 Å².